The summed E-state index contributed by atoms with van der Waals surface area (Å²) in [6.45, 7) is 14.0. The first-order chi connectivity index (χ1) is 13.8. The van der Waals surface area contributed by atoms with Crippen LogP contribution in [0.3, 0.4) is 0 Å². The first kappa shape index (κ1) is 21.8. The third kappa shape index (κ3) is 5.18. The van der Waals surface area contributed by atoms with Crippen molar-refractivity contribution >= 4 is 11.4 Å². The minimum absolute atomic E-state index is 0.274. The number of benzene rings is 2. The molecule has 0 heterocycles. The van der Waals surface area contributed by atoms with E-state index in [1.54, 1.807) is 0 Å². The summed E-state index contributed by atoms with van der Waals surface area (Å²) in [5, 5.41) is 0. The van der Waals surface area contributed by atoms with Gasteiger partial charge in [-0.15, -0.1) is 0 Å². The third-order valence-corrected chi connectivity index (χ3v) is 6.78. The van der Waals surface area contributed by atoms with E-state index in [0.29, 0.717) is 11.8 Å². The molecule has 3 rings (SSSR count). The second kappa shape index (κ2) is 9.28. The van der Waals surface area contributed by atoms with E-state index in [4.69, 9.17) is 4.99 Å². The SMILES string of the molecule is CC(C)c1cccc(C(C)C)c1N=C(CC(C)(C)C1CCCC1)c1ccccc1. The van der Waals surface area contributed by atoms with Crippen LogP contribution in [-0.2, 0) is 0 Å². The van der Waals surface area contributed by atoms with Gasteiger partial charge in [0.2, 0.25) is 0 Å². The lowest BCUT2D eigenvalue weighted by molar-refractivity contribution is 0.227. The van der Waals surface area contributed by atoms with Gasteiger partial charge in [0.05, 0.1) is 5.69 Å². The Morgan fingerprint density at radius 1 is 0.862 bits per heavy atom. The number of hydrogen-bond donors (Lipinski definition) is 0. The van der Waals surface area contributed by atoms with Gasteiger partial charge in [-0.2, -0.15) is 0 Å². The molecule has 0 aromatic heterocycles. The summed E-state index contributed by atoms with van der Waals surface area (Å²) < 4.78 is 0. The highest BCUT2D eigenvalue weighted by molar-refractivity contribution is 6.02. The van der Waals surface area contributed by atoms with E-state index in [2.05, 4.69) is 90.1 Å². The van der Waals surface area contributed by atoms with Gasteiger partial charge in [0.15, 0.2) is 0 Å². The van der Waals surface area contributed by atoms with Crippen molar-refractivity contribution in [3.63, 3.8) is 0 Å². The van der Waals surface area contributed by atoms with Crippen molar-refractivity contribution in [2.75, 3.05) is 0 Å². The monoisotopic (exact) mass is 389 g/mol. The number of rotatable bonds is 7. The second-order valence-electron chi connectivity index (χ2n) is 10.2. The smallest absolute Gasteiger partial charge is 0.0702 e. The normalized spacial score (nSPS) is 16.2. The van der Waals surface area contributed by atoms with Gasteiger partial charge in [-0.3, -0.25) is 4.99 Å². The van der Waals surface area contributed by atoms with Crippen molar-refractivity contribution in [1.82, 2.24) is 0 Å². The zero-order chi connectivity index (χ0) is 21.0. The molecule has 0 aliphatic heterocycles. The average molecular weight is 390 g/mol. The molecule has 0 spiro atoms. The van der Waals surface area contributed by atoms with Crippen molar-refractivity contribution in [2.45, 2.75) is 85.5 Å². The predicted molar refractivity (Wildman–Crippen MR) is 128 cm³/mol. The van der Waals surface area contributed by atoms with E-state index in [0.717, 1.165) is 12.3 Å². The highest BCUT2D eigenvalue weighted by atomic mass is 14.8. The van der Waals surface area contributed by atoms with E-state index in [1.165, 1.54) is 53.8 Å². The molecule has 0 amide bonds. The Kier molecular flexibility index (Phi) is 6.98. The average Bonchev–Trinajstić information content (AvgIpc) is 3.23. The van der Waals surface area contributed by atoms with Crippen molar-refractivity contribution in [3.8, 4) is 0 Å². The fourth-order valence-electron chi connectivity index (χ4n) is 4.90. The maximum absolute atomic E-state index is 5.44. The molecule has 0 radical (unpaired) electrons. The minimum Gasteiger partial charge on any atom is -0.252 e. The third-order valence-electron chi connectivity index (χ3n) is 6.78. The molecule has 2 aromatic carbocycles. The summed E-state index contributed by atoms with van der Waals surface area (Å²) in [5.41, 5.74) is 6.73. The Morgan fingerprint density at radius 2 is 1.41 bits per heavy atom. The molecule has 0 N–H and O–H groups in total. The summed E-state index contributed by atoms with van der Waals surface area (Å²) in [6, 6.07) is 17.6. The molecule has 1 nitrogen and oxygen atoms in total. The minimum atomic E-state index is 0.274. The standard InChI is InChI=1S/C28H39N/c1-20(2)24-17-12-18-25(21(3)4)27(24)29-26(22-13-8-7-9-14-22)19-28(5,6)23-15-10-11-16-23/h7-9,12-14,17-18,20-21,23H,10-11,15-16,19H2,1-6H3. The predicted octanol–water partition coefficient (Wildman–Crippen LogP) is 8.66. The summed E-state index contributed by atoms with van der Waals surface area (Å²) in [5.74, 6) is 1.74. The zero-order valence-electron chi connectivity index (χ0n) is 19.3. The molecular formula is C28H39N. The fourth-order valence-corrected chi connectivity index (χ4v) is 4.90. The molecule has 1 fully saturated rings. The number of hydrogen-bond acceptors (Lipinski definition) is 1. The largest absolute Gasteiger partial charge is 0.252 e. The van der Waals surface area contributed by atoms with Crippen LogP contribution in [0.25, 0.3) is 0 Å². The lowest BCUT2D eigenvalue weighted by Gasteiger charge is -2.32. The first-order valence-electron chi connectivity index (χ1n) is 11.6. The van der Waals surface area contributed by atoms with Crippen LogP contribution in [0.15, 0.2) is 53.5 Å². The molecule has 0 saturated heterocycles. The van der Waals surface area contributed by atoms with Crippen LogP contribution in [0.2, 0.25) is 0 Å². The molecule has 0 atom stereocenters. The topological polar surface area (TPSA) is 12.4 Å². The highest BCUT2D eigenvalue weighted by Crippen LogP contribution is 2.43. The molecule has 0 bridgehead atoms. The Bertz CT molecular complexity index is 794. The van der Waals surface area contributed by atoms with Gasteiger partial charge in [-0.05, 0) is 59.1 Å². The Balaban J connectivity index is 2.11. The molecule has 1 saturated carbocycles. The van der Waals surface area contributed by atoms with Gasteiger partial charge in [0.1, 0.15) is 0 Å². The molecular weight excluding hydrogens is 350 g/mol. The van der Waals surface area contributed by atoms with Crippen LogP contribution in [0, 0.1) is 11.3 Å². The van der Waals surface area contributed by atoms with E-state index >= 15 is 0 Å². The van der Waals surface area contributed by atoms with Crippen molar-refractivity contribution in [2.24, 2.45) is 16.3 Å². The molecule has 1 aliphatic carbocycles. The van der Waals surface area contributed by atoms with E-state index < -0.39 is 0 Å². The molecule has 156 valence electrons. The maximum Gasteiger partial charge on any atom is 0.0702 e. The number of aliphatic imine (C=N–C) groups is 1. The van der Waals surface area contributed by atoms with Crippen molar-refractivity contribution < 1.29 is 0 Å². The molecule has 1 heteroatoms. The quantitative estimate of drug-likeness (QED) is 0.420. The number of para-hydroxylation sites is 1. The Hall–Kier alpha value is -1.89. The van der Waals surface area contributed by atoms with Crippen molar-refractivity contribution in [3.05, 3.63) is 65.2 Å². The molecule has 0 unspecified atom stereocenters. The second-order valence-corrected chi connectivity index (χ2v) is 10.2. The van der Waals surface area contributed by atoms with Crippen LogP contribution in [0.5, 0.6) is 0 Å². The van der Waals surface area contributed by atoms with E-state index in [1.807, 2.05) is 0 Å². The lowest BCUT2D eigenvalue weighted by atomic mass is 9.73. The van der Waals surface area contributed by atoms with Crippen LogP contribution in [0.1, 0.15) is 102 Å². The van der Waals surface area contributed by atoms with Crippen molar-refractivity contribution in [1.29, 1.82) is 0 Å². The summed E-state index contributed by atoms with van der Waals surface area (Å²) in [4.78, 5) is 5.44. The van der Waals surface area contributed by atoms with Crippen LogP contribution in [0.4, 0.5) is 5.69 Å². The zero-order valence-corrected chi connectivity index (χ0v) is 19.3. The highest BCUT2D eigenvalue weighted by Gasteiger charge is 2.33. The van der Waals surface area contributed by atoms with E-state index in [9.17, 15) is 0 Å². The van der Waals surface area contributed by atoms with Crippen LogP contribution in [-0.4, -0.2) is 5.71 Å². The summed E-state index contributed by atoms with van der Waals surface area (Å²) in [7, 11) is 0. The van der Waals surface area contributed by atoms with Crippen LogP contribution < -0.4 is 0 Å². The maximum atomic E-state index is 5.44. The molecule has 2 aromatic rings. The Labute approximate surface area is 178 Å². The van der Waals surface area contributed by atoms with Gasteiger partial charge in [0, 0.05) is 5.71 Å². The van der Waals surface area contributed by atoms with Gasteiger partial charge < -0.3 is 0 Å². The molecule has 29 heavy (non-hydrogen) atoms. The molecule has 1 aliphatic rings. The fraction of sp³-hybridized carbons (Fsp3) is 0.536. The number of nitrogens with zero attached hydrogens (tertiary/aromatic N) is 1. The first-order valence-corrected chi connectivity index (χ1v) is 11.6. The van der Waals surface area contributed by atoms with E-state index in [-0.39, 0.29) is 5.41 Å². The van der Waals surface area contributed by atoms with Gasteiger partial charge in [-0.1, -0.05) is 103 Å². The van der Waals surface area contributed by atoms with Gasteiger partial charge in [-0.25, -0.2) is 0 Å². The Morgan fingerprint density at radius 3 is 1.93 bits per heavy atom. The van der Waals surface area contributed by atoms with Crippen LogP contribution >= 0.6 is 0 Å². The van der Waals surface area contributed by atoms with Gasteiger partial charge in [0.25, 0.3) is 0 Å². The lowest BCUT2D eigenvalue weighted by Crippen LogP contribution is -2.25. The summed E-state index contributed by atoms with van der Waals surface area (Å²) >= 11 is 0. The van der Waals surface area contributed by atoms with Gasteiger partial charge >= 0.3 is 0 Å². The summed E-state index contributed by atoms with van der Waals surface area (Å²) in [6.07, 6.45) is 6.55.